The van der Waals surface area contributed by atoms with Crippen molar-refractivity contribution >= 4 is 46.1 Å². The molecule has 152 valence electrons. The van der Waals surface area contributed by atoms with E-state index in [2.05, 4.69) is 4.98 Å². The molecule has 8 nitrogen and oxygen atoms in total. The Morgan fingerprint density at radius 3 is 2.83 bits per heavy atom. The summed E-state index contributed by atoms with van der Waals surface area (Å²) in [5.74, 6) is 0.870. The number of thioether (sulfide) groups is 1. The van der Waals surface area contributed by atoms with Crippen molar-refractivity contribution in [3.05, 3.63) is 50.4 Å². The fourth-order valence-electron chi connectivity index (χ4n) is 3.55. The molecule has 1 aromatic carbocycles. The lowest BCUT2D eigenvalue weighted by molar-refractivity contribution is -0.118. The molecule has 0 N–H and O–H groups in total. The van der Waals surface area contributed by atoms with Crippen LogP contribution in [-0.2, 0) is 25.4 Å². The van der Waals surface area contributed by atoms with Gasteiger partial charge in [0.15, 0.2) is 11.2 Å². The molecular formula is C19H20ClN5O3S. The quantitative estimate of drug-likeness (QED) is 0.628. The van der Waals surface area contributed by atoms with Crippen LogP contribution in [0, 0.1) is 0 Å². The van der Waals surface area contributed by atoms with Gasteiger partial charge in [-0.25, -0.2) is 9.78 Å². The third kappa shape index (κ3) is 3.49. The second kappa shape index (κ2) is 7.72. The highest BCUT2D eigenvalue weighted by molar-refractivity contribution is 7.99. The van der Waals surface area contributed by atoms with E-state index in [1.807, 2.05) is 18.2 Å². The highest BCUT2D eigenvalue weighted by atomic mass is 35.5. The van der Waals surface area contributed by atoms with Crippen LogP contribution in [0.3, 0.4) is 0 Å². The van der Waals surface area contributed by atoms with Crippen molar-refractivity contribution in [1.82, 2.24) is 18.7 Å². The van der Waals surface area contributed by atoms with Crippen LogP contribution in [0.4, 0.5) is 5.69 Å². The number of benzene rings is 1. The lowest BCUT2D eigenvalue weighted by atomic mass is 10.2. The van der Waals surface area contributed by atoms with Gasteiger partial charge in [-0.1, -0.05) is 11.6 Å². The Morgan fingerprint density at radius 1 is 1.24 bits per heavy atom. The topological polar surface area (TPSA) is 82.1 Å². The SMILES string of the molecule is Cn1c(=O)c2c(ncn2CCCC(=O)N2CCSc3ccc(Cl)cc32)n(C)c1=O. The highest BCUT2D eigenvalue weighted by Crippen LogP contribution is 2.36. The van der Waals surface area contributed by atoms with Crippen molar-refractivity contribution in [3.63, 3.8) is 0 Å². The van der Waals surface area contributed by atoms with E-state index < -0.39 is 5.69 Å². The maximum Gasteiger partial charge on any atom is 0.332 e. The highest BCUT2D eigenvalue weighted by Gasteiger charge is 2.23. The number of anilines is 1. The monoisotopic (exact) mass is 433 g/mol. The Kier molecular flexibility index (Phi) is 5.26. The number of fused-ring (bicyclic) bond motifs is 2. The van der Waals surface area contributed by atoms with Gasteiger partial charge in [0.05, 0.1) is 12.0 Å². The smallest absolute Gasteiger partial charge is 0.325 e. The Morgan fingerprint density at radius 2 is 2.03 bits per heavy atom. The summed E-state index contributed by atoms with van der Waals surface area (Å²) in [4.78, 5) is 44.4. The van der Waals surface area contributed by atoms with Gasteiger partial charge in [-0.3, -0.25) is 18.7 Å². The molecule has 29 heavy (non-hydrogen) atoms. The molecule has 0 saturated heterocycles. The first-order chi connectivity index (χ1) is 13.9. The fourth-order valence-corrected chi connectivity index (χ4v) is 4.69. The van der Waals surface area contributed by atoms with Gasteiger partial charge in [0.2, 0.25) is 5.91 Å². The normalized spacial score (nSPS) is 13.7. The van der Waals surface area contributed by atoms with E-state index >= 15 is 0 Å². The molecule has 4 rings (SSSR count). The summed E-state index contributed by atoms with van der Waals surface area (Å²) in [5, 5.41) is 0.607. The molecule has 1 aliphatic heterocycles. The summed E-state index contributed by atoms with van der Waals surface area (Å²) in [7, 11) is 3.03. The summed E-state index contributed by atoms with van der Waals surface area (Å²) in [6, 6.07) is 5.60. The van der Waals surface area contributed by atoms with Crippen LogP contribution in [0.15, 0.2) is 39.0 Å². The van der Waals surface area contributed by atoms with Crippen LogP contribution in [0.2, 0.25) is 5.02 Å². The zero-order chi connectivity index (χ0) is 20.7. The fraction of sp³-hybridized carbons (Fsp3) is 0.368. The van der Waals surface area contributed by atoms with Crippen LogP contribution < -0.4 is 16.1 Å². The van der Waals surface area contributed by atoms with Gasteiger partial charge < -0.3 is 9.47 Å². The number of carbonyl (C=O) groups is 1. The molecule has 2 aromatic heterocycles. The predicted molar refractivity (Wildman–Crippen MR) is 114 cm³/mol. The van der Waals surface area contributed by atoms with E-state index in [0.29, 0.717) is 42.1 Å². The Labute approximate surface area is 175 Å². The first-order valence-electron chi connectivity index (χ1n) is 9.22. The Bertz CT molecular complexity index is 1230. The van der Waals surface area contributed by atoms with Crippen LogP contribution in [0.5, 0.6) is 0 Å². The molecule has 0 aliphatic carbocycles. The first-order valence-corrected chi connectivity index (χ1v) is 10.6. The van der Waals surface area contributed by atoms with Gasteiger partial charge in [0.1, 0.15) is 0 Å². The van der Waals surface area contributed by atoms with E-state index in [4.69, 9.17) is 11.6 Å². The van der Waals surface area contributed by atoms with Gasteiger partial charge in [-0.05, 0) is 24.6 Å². The standard InChI is InChI=1S/C19H20ClN5O3S/c1-22-17-16(18(27)23(2)19(22)28)24(11-21-17)7-3-4-15(26)25-8-9-29-14-6-5-12(20)10-13(14)25/h5-6,10-11H,3-4,7-9H2,1-2H3. The number of hydrogen-bond acceptors (Lipinski definition) is 5. The average molecular weight is 434 g/mol. The molecule has 0 radical (unpaired) electrons. The molecule has 0 unspecified atom stereocenters. The van der Waals surface area contributed by atoms with Crippen molar-refractivity contribution in [3.8, 4) is 0 Å². The number of imidazole rings is 1. The molecule has 3 aromatic rings. The molecule has 10 heteroatoms. The van der Waals surface area contributed by atoms with Crippen LogP contribution >= 0.6 is 23.4 Å². The van der Waals surface area contributed by atoms with Gasteiger partial charge in [0.25, 0.3) is 5.56 Å². The molecule has 0 fully saturated rings. The number of aromatic nitrogens is 4. The first kappa shape index (κ1) is 19.8. The van der Waals surface area contributed by atoms with Crippen LogP contribution in [-0.4, -0.2) is 36.9 Å². The molecule has 1 aliphatic rings. The van der Waals surface area contributed by atoms with Crippen molar-refractivity contribution < 1.29 is 4.79 Å². The van der Waals surface area contributed by atoms with Crippen molar-refractivity contribution in [2.45, 2.75) is 24.3 Å². The van der Waals surface area contributed by atoms with Gasteiger partial charge in [-0.2, -0.15) is 0 Å². The van der Waals surface area contributed by atoms with E-state index in [1.165, 1.54) is 11.6 Å². The average Bonchev–Trinajstić information content (AvgIpc) is 3.14. The number of halogens is 1. The number of carbonyl (C=O) groups excluding carboxylic acids is 1. The molecule has 1 amide bonds. The third-order valence-corrected chi connectivity index (χ3v) is 6.37. The predicted octanol–water partition coefficient (Wildman–Crippen LogP) is 2.01. The molecule has 0 spiro atoms. The minimum Gasteiger partial charge on any atom is -0.325 e. The van der Waals surface area contributed by atoms with Crippen LogP contribution in [0.1, 0.15) is 12.8 Å². The summed E-state index contributed by atoms with van der Waals surface area (Å²) >= 11 is 7.83. The van der Waals surface area contributed by atoms with Crippen LogP contribution in [0.25, 0.3) is 11.2 Å². The summed E-state index contributed by atoms with van der Waals surface area (Å²) in [6.07, 6.45) is 2.43. The maximum atomic E-state index is 12.8. The van der Waals surface area contributed by atoms with E-state index in [1.54, 1.807) is 34.6 Å². The second-order valence-electron chi connectivity index (χ2n) is 6.93. The van der Waals surface area contributed by atoms with Crippen molar-refractivity contribution in [2.24, 2.45) is 14.1 Å². The molecular weight excluding hydrogens is 414 g/mol. The number of amides is 1. The minimum atomic E-state index is -0.414. The summed E-state index contributed by atoms with van der Waals surface area (Å²) in [5.41, 5.74) is 0.775. The largest absolute Gasteiger partial charge is 0.332 e. The molecule has 0 atom stereocenters. The van der Waals surface area contributed by atoms with E-state index in [-0.39, 0.29) is 11.5 Å². The Hall–Kier alpha value is -2.52. The molecule has 0 saturated carbocycles. The van der Waals surface area contributed by atoms with Gasteiger partial charge >= 0.3 is 5.69 Å². The minimum absolute atomic E-state index is 0.0264. The molecule has 3 heterocycles. The number of nitrogens with zero attached hydrogens (tertiary/aromatic N) is 5. The third-order valence-electron chi connectivity index (χ3n) is 5.09. The van der Waals surface area contributed by atoms with Gasteiger partial charge in [0, 0.05) is 49.3 Å². The number of rotatable bonds is 4. The lowest BCUT2D eigenvalue weighted by Gasteiger charge is -2.29. The van der Waals surface area contributed by atoms with Gasteiger partial charge in [-0.15, -0.1) is 11.8 Å². The summed E-state index contributed by atoms with van der Waals surface area (Å²) < 4.78 is 4.13. The number of hydrogen-bond donors (Lipinski definition) is 0. The molecule has 0 bridgehead atoms. The lowest BCUT2D eigenvalue weighted by Crippen LogP contribution is -2.37. The summed E-state index contributed by atoms with van der Waals surface area (Å²) in [6.45, 7) is 1.11. The zero-order valence-electron chi connectivity index (χ0n) is 16.1. The maximum absolute atomic E-state index is 12.8. The van der Waals surface area contributed by atoms with E-state index in [9.17, 15) is 14.4 Å². The second-order valence-corrected chi connectivity index (χ2v) is 8.50. The van der Waals surface area contributed by atoms with Crippen molar-refractivity contribution in [1.29, 1.82) is 0 Å². The van der Waals surface area contributed by atoms with Crippen molar-refractivity contribution in [2.75, 3.05) is 17.2 Å². The zero-order valence-corrected chi connectivity index (χ0v) is 17.7. The van der Waals surface area contributed by atoms with E-state index in [0.717, 1.165) is 20.9 Å². The number of aryl methyl sites for hydroxylation is 2. The Balaban J connectivity index is 1.51.